The minimum Gasteiger partial charge on any atom is -0.394 e. The highest BCUT2D eigenvalue weighted by atomic mass is 31.1. The molecule has 4 unspecified atom stereocenters. The van der Waals surface area contributed by atoms with Crippen molar-refractivity contribution in [1.29, 1.82) is 0 Å². The fourth-order valence-corrected chi connectivity index (χ4v) is 1.33. The molecular weight excluding hydrogens is 181 g/mol. The fourth-order valence-electron chi connectivity index (χ4n) is 0.473. The molecular formula is C6H14NO4P. The van der Waals surface area contributed by atoms with E-state index in [9.17, 15) is 4.79 Å². The lowest BCUT2D eigenvalue weighted by atomic mass is 10.4. The van der Waals surface area contributed by atoms with Gasteiger partial charge in [0.05, 0.1) is 12.6 Å². The number of nitrogens with two attached hydrogens (primary N) is 1. The van der Waals surface area contributed by atoms with Gasteiger partial charge in [-0.15, -0.1) is 0 Å². The first-order chi connectivity index (χ1) is 5.49. The van der Waals surface area contributed by atoms with Crippen molar-refractivity contribution in [3.63, 3.8) is 0 Å². The molecule has 0 aliphatic carbocycles. The average Bonchev–Trinajstić information content (AvgIpc) is 2.02. The Morgan fingerprint density at radius 2 is 2.08 bits per heavy atom. The molecule has 4 atom stereocenters. The van der Waals surface area contributed by atoms with Crippen LogP contribution in [-0.2, 0) is 4.79 Å². The molecule has 0 bridgehead atoms. The quantitative estimate of drug-likeness (QED) is 0.388. The van der Waals surface area contributed by atoms with Gasteiger partial charge in [-0.1, -0.05) is 0 Å². The number of hydrogen-bond acceptors (Lipinski definition) is 5. The highest BCUT2D eigenvalue weighted by Crippen LogP contribution is 2.21. The standard InChI is InChI=1S/C6H14NO4P/c1-3(7)5(10)12-6(11)4(9)2-8/h3-4,6,8-9,11-12H,2,7H2,1H3. The van der Waals surface area contributed by atoms with Gasteiger partial charge in [-0.3, -0.25) is 4.79 Å². The van der Waals surface area contributed by atoms with Crippen molar-refractivity contribution in [2.75, 3.05) is 6.61 Å². The monoisotopic (exact) mass is 195 g/mol. The lowest BCUT2D eigenvalue weighted by Crippen LogP contribution is -2.30. The molecule has 5 N–H and O–H groups in total. The van der Waals surface area contributed by atoms with Crippen molar-refractivity contribution in [2.45, 2.75) is 24.9 Å². The SMILES string of the molecule is CC(N)C(=O)PC(O)C(O)CO. The molecule has 0 heterocycles. The number of rotatable bonds is 5. The molecule has 0 saturated heterocycles. The summed E-state index contributed by atoms with van der Waals surface area (Å²) in [4.78, 5) is 10.9. The second kappa shape index (κ2) is 5.56. The van der Waals surface area contributed by atoms with Crippen LogP contribution in [0.25, 0.3) is 0 Å². The Kier molecular flexibility index (Phi) is 5.53. The first kappa shape index (κ1) is 11.9. The van der Waals surface area contributed by atoms with Crippen molar-refractivity contribution >= 4 is 14.1 Å². The van der Waals surface area contributed by atoms with E-state index in [1.165, 1.54) is 6.92 Å². The summed E-state index contributed by atoms with van der Waals surface area (Å²) in [6.07, 6.45) is -1.26. The van der Waals surface area contributed by atoms with Gasteiger partial charge in [-0.25, -0.2) is 0 Å². The van der Waals surface area contributed by atoms with Crippen LogP contribution in [-0.4, -0.2) is 45.4 Å². The molecule has 0 radical (unpaired) electrons. The summed E-state index contributed by atoms with van der Waals surface area (Å²) < 4.78 is 0. The highest BCUT2D eigenvalue weighted by molar-refractivity contribution is 7.58. The first-order valence-electron chi connectivity index (χ1n) is 3.52. The third kappa shape index (κ3) is 4.09. The second-order valence-corrected chi connectivity index (χ2v) is 3.87. The Hall–Kier alpha value is -0.0600. The number of carbonyl (C=O) groups is 1. The van der Waals surface area contributed by atoms with E-state index in [4.69, 9.17) is 21.1 Å². The van der Waals surface area contributed by atoms with Gasteiger partial charge in [0, 0.05) is 0 Å². The molecule has 0 aromatic carbocycles. The molecule has 0 aromatic heterocycles. The van der Waals surface area contributed by atoms with E-state index in [-0.39, 0.29) is 5.52 Å². The maximum atomic E-state index is 10.9. The van der Waals surface area contributed by atoms with Crippen LogP contribution in [0.2, 0.25) is 0 Å². The van der Waals surface area contributed by atoms with Crippen LogP contribution in [0.15, 0.2) is 0 Å². The van der Waals surface area contributed by atoms with Gasteiger partial charge in [0.2, 0.25) is 0 Å². The van der Waals surface area contributed by atoms with Crippen LogP contribution >= 0.6 is 8.58 Å². The zero-order valence-electron chi connectivity index (χ0n) is 6.77. The van der Waals surface area contributed by atoms with Crippen LogP contribution in [0, 0.1) is 0 Å². The van der Waals surface area contributed by atoms with Crippen molar-refractivity contribution in [3.8, 4) is 0 Å². The Morgan fingerprint density at radius 3 is 2.42 bits per heavy atom. The number of carbonyl (C=O) groups excluding carboxylic acids is 1. The molecule has 0 saturated carbocycles. The first-order valence-corrected chi connectivity index (χ1v) is 4.59. The molecule has 5 nitrogen and oxygen atoms in total. The van der Waals surface area contributed by atoms with Gasteiger partial charge < -0.3 is 21.1 Å². The van der Waals surface area contributed by atoms with Crippen LogP contribution in [0.5, 0.6) is 0 Å². The minimum absolute atomic E-state index is 0.310. The molecule has 0 rings (SSSR count). The second-order valence-electron chi connectivity index (χ2n) is 2.49. The number of aliphatic hydroxyl groups excluding tert-OH is 3. The van der Waals surface area contributed by atoms with Crippen molar-refractivity contribution in [1.82, 2.24) is 0 Å². The lowest BCUT2D eigenvalue weighted by molar-refractivity contribution is -0.112. The van der Waals surface area contributed by atoms with Crippen molar-refractivity contribution < 1.29 is 20.1 Å². The Labute approximate surface area is 72.4 Å². The number of aliphatic hydroxyl groups is 3. The van der Waals surface area contributed by atoms with Gasteiger partial charge in [0.15, 0.2) is 5.52 Å². The summed E-state index contributed by atoms with van der Waals surface area (Å²) >= 11 is 0. The van der Waals surface area contributed by atoms with E-state index >= 15 is 0 Å². The highest BCUT2D eigenvalue weighted by Gasteiger charge is 2.20. The molecule has 0 fully saturated rings. The smallest absolute Gasteiger partial charge is 0.170 e. The van der Waals surface area contributed by atoms with Gasteiger partial charge in [-0.05, 0) is 15.5 Å². The van der Waals surface area contributed by atoms with Crippen molar-refractivity contribution in [2.24, 2.45) is 5.73 Å². The van der Waals surface area contributed by atoms with Gasteiger partial charge in [0.1, 0.15) is 11.9 Å². The largest absolute Gasteiger partial charge is 0.394 e. The third-order valence-electron chi connectivity index (χ3n) is 1.26. The van der Waals surface area contributed by atoms with E-state index in [2.05, 4.69) is 0 Å². The number of hydrogen-bond donors (Lipinski definition) is 4. The molecule has 12 heavy (non-hydrogen) atoms. The summed E-state index contributed by atoms with van der Waals surface area (Å²) in [5, 5.41) is 26.3. The predicted octanol–water partition coefficient (Wildman–Crippen LogP) is -1.79. The maximum absolute atomic E-state index is 10.9. The van der Waals surface area contributed by atoms with E-state index in [1.54, 1.807) is 0 Å². The van der Waals surface area contributed by atoms with Crippen LogP contribution in [0.1, 0.15) is 6.92 Å². The van der Waals surface area contributed by atoms with Crippen molar-refractivity contribution in [3.05, 3.63) is 0 Å². The summed E-state index contributed by atoms with van der Waals surface area (Å²) in [6, 6.07) is -0.635. The molecule has 6 heteroatoms. The zero-order valence-corrected chi connectivity index (χ0v) is 7.77. The van der Waals surface area contributed by atoms with Gasteiger partial charge >= 0.3 is 0 Å². The van der Waals surface area contributed by atoms with Crippen LogP contribution in [0.4, 0.5) is 0 Å². The molecule has 0 spiro atoms. The molecule has 0 aliphatic heterocycles. The Balaban J connectivity index is 3.83. The van der Waals surface area contributed by atoms with Crippen LogP contribution in [0.3, 0.4) is 0 Å². The van der Waals surface area contributed by atoms with E-state index in [0.29, 0.717) is 0 Å². The van der Waals surface area contributed by atoms with E-state index in [0.717, 1.165) is 0 Å². The third-order valence-corrected chi connectivity index (χ3v) is 2.68. The summed E-state index contributed by atoms with van der Waals surface area (Å²) in [5.41, 5.74) is 4.92. The van der Waals surface area contributed by atoms with E-state index in [1.807, 2.05) is 0 Å². The lowest BCUT2D eigenvalue weighted by Gasteiger charge is -2.15. The molecule has 72 valence electrons. The fraction of sp³-hybridized carbons (Fsp3) is 0.833. The summed E-state index contributed by atoms with van der Waals surface area (Å²) in [7, 11) is -0.471. The van der Waals surface area contributed by atoms with Crippen LogP contribution < -0.4 is 5.73 Å². The predicted molar refractivity (Wildman–Crippen MR) is 46.1 cm³/mol. The summed E-state index contributed by atoms with van der Waals surface area (Å²) in [6.45, 7) is 0.952. The van der Waals surface area contributed by atoms with Gasteiger partial charge in [-0.2, -0.15) is 0 Å². The Bertz CT molecular complexity index is 152. The molecule has 0 amide bonds. The minimum atomic E-state index is -1.26. The van der Waals surface area contributed by atoms with E-state index < -0.39 is 33.2 Å². The van der Waals surface area contributed by atoms with Gasteiger partial charge in [0.25, 0.3) is 0 Å². The topological polar surface area (TPSA) is 104 Å². The summed E-state index contributed by atoms with van der Waals surface area (Å²) in [5.74, 6) is -1.20. The molecule has 0 aromatic rings. The Morgan fingerprint density at radius 1 is 1.58 bits per heavy atom. The normalized spacial score (nSPS) is 19.4. The molecule has 0 aliphatic rings. The maximum Gasteiger partial charge on any atom is 0.170 e. The zero-order chi connectivity index (χ0) is 9.72. The average molecular weight is 195 g/mol.